The summed E-state index contributed by atoms with van der Waals surface area (Å²) < 4.78 is 28.0. The van der Waals surface area contributed by atoms with Gasteiger partial charge in [0.1, 0.15) is 5.82 Å². The highest BCUT2D eigenvalue weighted by molar-refractivity contribution is 7.92. The van der Waals surface area contributed by atoms with Crippen molar-refractivity contribution in [2.75, 3.05) is 35.5 Å². The first kappa shape index (κ1) is 25.9. The molecule has 0 saturated carbocycles. The number of nitrogens with one attached hydrogen (secondary N) is 1. The number of aromatic nitrogens is 3. The van der Waals surface area contributed by atoms with Crippen LogP contribution in [0.3, 0.4) is 0 Å². The summed E-state index contributed by atoms with van der Waals surface area (Å²) in [7, 11) is -3.57. The Bertz CT molecular complexity index is 1540. The van der Waals surface area contributed by atoms with Crippen LogP contribution in [0, 0.1) is 31.1 Å². The van der Waals surface area contributed by atoms with Crippen molar-refractivity contribution in [3.05, 3.63) is 52.8 Å². The van der Waals surface area contributed by atoms with Crippen LogP contribution in [-0.2, 0) is 10.0 Å². The van der Waals surface area contributed by atoms with Gasteiger partial charge in [-0.25, -0.2) is 17.9 Å². The quantitative estimate of drug-likeness (QED) is 0.505. The zero-order chi connectivity index (χ0) is 27.2. The zero-order valence-corrected chi connectivity index (χ0v) is 22.4. The SMILES string of the molecule is Cc1ccc(NS(C)(=O)=O)c(C(=O)N2CCCC[C@H]2c2cc3nc(N4C[C@@H](C#N)[C@@H](O)C4)c(C)cn3n2)c1. The molecular weight excluding hydrogens is 506 g/mol. The minimum absolute atomic E-state index is 0.250. The maximum atomic E-state index is 13.8. The van der Waals surface area contributed by atoms with Crippen LogP contribution in [-0.4, -0.2) is 70.9 Å². The molecule has 0 bridgehead atoms. The molecule has 0 spiro atoms. The van der Waals surface area contributed by atoms with Crippen LogP contribution in [0.25, 0.3) is 5.65 Å². The molecule has 12 heteroatoms. The number of carbonyl (C=O) groups is 1. The Morgan fingerprint density at radius 1 is 1.21 bits per heavy atom. The third-order valence-electron chi connectivity index (χ3n) is 7.18. The molecule has 0 radical (unpaired) electrons. The van der Waals surface area contributed by atoms with E-state index in [0.717, 1.165) is 36.6 Å². The van der Waals surface area contributed by atoms with Crippen LogP contribution in [0.1, 0.15) is 52.5 Å². The van der Waals surface area contributed by atoms with E-state index >= 15 is 0 Å². The average molecular weight is 538 g/mol. The summed E-state index contributed by atoms with van der Waals surface area (Å²) in [5.41, 5.74) is 3.61. The molecule has 2 aliphatic heterocycles. The van der Waals surface area contributed by atoms with Crippen molar-refractivity contribution in [2.45, 2.75) is 45.3 Å². The number of nitrogens with zero attached hydrogens (tertiary/aromatic N) is 6. The van der Waals surface area contributed by atoms with Crippen molar-refractivity contribution in [1.82, 2.24) is 19.5 Å². The first-order valence-electron chi connectivity index (χ1n) is 12.6. The number of carbonyl (C=O) groups excluding carboxylic acids is 1. The number of hydrogen-bond donors (Lipinski definition) is 2. The molecule has 2 fully saturated rings. The van der Waals surface area contributed by atoms with Gasteiger partial charge in [-0.15, -0.1) is 0 Å². The Labute approximate surface area is 221 Å². The van der Waals surface area contributed by atoms with E-state index in [1.807, 2.05) is 31.0 Å². The van der Waals surface area contributed by atoms with E-state index in [1.165, 1.54) is 0 Å². The molecule has 2 saturated heterocycles. The van der Waals surface area contributed by atoms with Crippen LogP contribution >= 0.6 is 0 Å². The Kier molecular flexibility index (Phi) is 6.75. The van der Waals surface area contributed by atoms with E-state index in [2.05, 4.69) is 10.8 Å². The second kappa shape index (κ2) is 9.89. The molecule has 2 aromatic heterocycles. The van der Waals surface area contributed by atoms with Gasteiger partial charge in [0.15, 0.2) is 5.65 Å². The summed E-state index contributed by atoms with van der Waals surface area (Å²) in [5, 5.41) is 24.2. The molecule has 2 N–H and O–H groups in total. The molecule has 11 nitrogen and oxygen atoms in total. The van der Waals surface area contributed by atoms with Gasteiger partial charge in [-0.05, 0) is 45.2 Å². The minimum atomic E-state index is -3.57. The van der Waals surface area contributed by atoms with Crippen LogP contribution in [0.2, 0.25) is 0 Å². The third kappa shape index (κ3) is 5.04. The molecule has 1 aromatic carbocycles. The summed E-state index contributed by atoms with van der Waals surface area (Å²) in [4.78, 5) is 22.3. The summed E-state index contributed by atoms with van der Waals surface area (Å²) in [6.45, 7) is 5.06. The molecule has 2 aliphatic rings. The number of anilines is 2. The maximum Gasteiger partial charge on any atom is 0.256 e. The van der Waals surface area contributed by atoms with Gasteiger partial charge < -0.3 is 14.9 Å². The number of β-amino-alcohol motifs (C(OH)–C–C–N with tert-alkyl or cyclic N) is 1. The van der Waals surface area contributed by atoms with Gasteiger partial charge in [0.25, 0.3) is 5.91 Å². The summed E-state index contributed by atoms with van der Waals surface area (Å²) >= 11 is 0. The lowest BCUT2D eigenvalue weighted by atomic mass is 9.97. The second-order valence-corrected chi connectivity index (χ2v) is 12.0. The smallest absolute Gasteiger partial charge is 0.256 e. The average Bonchev–Trinajstić information content (AvgIpc) is 3.45. The third-order valence-corrected chi connectivity index (χ3v) is 7.77. The normalized spacial score (nSPS) is 22.0. The monoisotopic (exact) mass is 537 g/mol. The van der Waals surface area contributed by atoms with Gasteiger partial charge in [0, 0.05) is 37.5 Å². The standard InChI is InChI=1S/C26H31N7O4S/c1-16-7-8-20(30-38(3,36)37)19(10-16)26(35)32-9-5-4-6-22(32)21-11-24-28-25(17(2)13-33(24)29-21)31-14-18(12-27)23(34)15-31/h7-8,10-11,13,18,22-23,30,34H,4-6,9,14-15H2,1-3H3/t18-,22+,23+/m1/s1. The highest BCUT2D eigenvalue weighted by Crippen LogP contribution is 2.34. The van der Waals surface area contributed by atoms with Gasteiger partial charge >= 0.3 is 0 Å². The number of aliphatic hydroxyl groups is 1. The fourth-order valence-electron chi connectivity index (χ4n) is 5.35. The first-order valence-corrected chi connectivity index (χ1v) is 14.5. The summed E-state index contributed by atoms with van der Waals surface area (Å²) in [5.74, 6) is -0.00739. The first-order chi connectivity index (χ1) is 18.0. The Morgan fingerprint density at radius 3 is 2.71 bits per heavy atom. The van der Waals surface area contributed by atoms with Crippen molar-refractivity contribution in [3.63, 3.8) is 0 Å². The van der Waals surface area contributed by atoms with Crippen molar-refractivity contribution in [1.29, 1.82) is 5.26 Å². The Balaban J connectivity index is 1.48. The molecule has 4 heterocycles. The molecule has 0 unspecified atom stereocenters. The molecule has 0 aliphatic carbocycles. The van der Waals surface area contributed by atoms with Crippen LogP contribution in [0.15, 0.2) is 30.5 Å². The van der Waals surface area contributed by atoms with Crippen molar-refractivity contribution < 1.29 is 18.3 Å². The predicted octanol–water partition coefficient (Wildman–Crippen LogP) is 2.41. The number of sulfonamides is 1. The number of piperidine rings is 1. The topological polar surface area (TPSA) is 144 Å². The summed E-state index contributed by atoms with van der Waals surface area (Å²) in [6, 6.07) is 8.84. The molecule has 200 valence electrons. The highest BCUT2D eigenvalue weighted by Gasteiger charge is 2.34. The van der Waals surface area contributed by atoms with Crippen molar-refractivity contribution in [3.8, 4) is 6.07 Å². The molecule has 38 heavy (non-hydrogen) atoms. The number of hydrogen-bond acceptors (Lipinski definition) is 8. The maximum absolute atomic E-state index is 13.8. The van der Waals surface area contributed by atoms with Crippen molar-refractivity contribution >= 4 is 33.1 Å². The lowest BCUT2D eigenvalue weighted by molar-refractivity contribution is 0.0606. The number of likely N-dealkylation sites (tertiary alicyclic amines) is 1. The van der Waals surface area contributed by atoms with Crippen LogP contribution in [0.5, 0.6) is 0 Å². The lowest BCUT2D eigenvalue weighted by Gasteiger charge is -2.35. The number of rotatable bonds is 5. The number of amides is 1. The van der Waals surface area contributed by atoms with Gasteiger partial charge in [-0.2, -0.15) is 10.4 Å². The van der Waals surface area contributed by atoms with E-state index in [9.17, 15) is 23.6 Å². The van der Waals surface area contributed by atoms with E-state index in [1.54, 1.807) is 27.6 Å². The summed E-state index contributed by atoms with van der Waals surface area (Å²) in [6.07, 6.45) is 4.72. The van der Waals surface area contributed by atoms with Gasteiger partial charge in [-0.3, -0.25) is 9.52 Å². The molecule has 3 atom stereocenters. The number of fused-ring (bicyclic) bond motifs is 1. The molecule has 3 aromatic rings. The molecule has 1 amide bonds. The highest BCUT2D eigenvalue weighted by atomic mass is 32.2. The minimum Gasteiger partial charge on any atom is -0.390 e. The van der Waals surface area contributed by atoms with Gasteiger partial charge in [0.2, 0.25) is 10.0 Å². The largest absolute Gasteiger partial charge is 0.390 e. The van der Waals surface area contributed by atoms with E-state index in [0.29, 0.717) is 42.4 Å². The van der Waals surface area contributed by atoms with Gasteiger partial charge in [-0.1, -0.05) is 11.6 Å². The Hall–Kier alpha value is -3.69. The van der Waals surface area contributed by atoms with Crippen molar-refractivity contribution in [2.24, 2.45) is 5.92 Å². The number of aryl methyl sites for hydroxylation is 2. The van der Waals surface area contributed by atoms with Crippen LogP contribution < -0.4 is 9.62 Å². The zero-order valence-electron chi connectivity index (χ0n) is 21.6. The fourth-order valence-corrected chi connectivity index (χ4v) is 5.93. The van der Waals surface area contributed by atoms with Gasteiger partial charge in [0.05, 0.1) is 47.3 Å². The van der Waals surface area contributed by atoms with E-state index in [-0.39, 0.29) is 17.6 Å². The predicted molar refractivity (Wildman–Crippen MR) is 142 cm³/mol. The fraction of sp³-hybridized carbons (Fsp3) is 0.462. The van der Waals surface area contributed by atoms with E-state index < -0.39 is 22.0 Å². The van der Waals surface area contributed by atoms with Crippen LogP contribution in [0.4, 0.5) is 11.5 Å². The number of aliphatic hydroxyl groups excluding tert-OH is 1. The lowest BCUT2D eigenvalue weighted by Crippen LogP contribution is -2.39. The van der Waals surface area contributed by atoms with E-state index in [4.69, 9.17) is 10.1 Å². The molecule has 5 rings (SSSR count). The second-order valence-electron chi connectivity index (χ2n) is 10.3. The Morgan fingerprint density at radius 2 is 2.00 bits per heavy atom. The number of nitriles is 1. The molecular formula is C26H31N7O4S. The number of benzene rings is 1.